The molecule has 1 saturated heterocycles. The van der Waals surface area contributed by atoms with E-state index in [1.54, 1.807) is 11.3 Å². The molecule has 18 heavy (non-hydrogen) atoms. The van der Waals surface area contributed by atoms with Crippen LogP contribution in [0.2, 0.25) is 0 Å². The van der Waals surface area contributed by atoms with Crippen LogP contribution in [0.4, 0.5) is 5.69 Å². The first-order valence-electron chi connectivity index (χ1n) is 5.31. The van der Waals surface area contributed by atoms with E-state index >= 15 is 0 Å². The van der Waals surface area contributed by atoms with E-state index in [4.69, 9.17) is 0 Å². The predicted octanol–water partition coefficient (Wildman–Crippen LogP) is 3.68. The Bertz CT molecular complexity index is 585. The molecule has 1 N–H and O–H groups in total. The highest BCUT2D eigenvalue weighted by Crippen LogP contribution is 2.43. The van der Waals surface area contributed by atoms with Crippen LogP contribution in [0.5, 0.6) is 0 Å². The number of carbonyl (C=O) groups excluding carboxylic acids is 1. The number of benzene rings is 1. The Balaban J connectivity index is 1.96. The van der Waals surface area contributed by atoms with Crippen LogP contribution in [0.15, 0.2) is 40.2 Å². The van der Waals surface area contributed by atoms with Crippen LogP contribution in [-0.4, -0.2) is 12.5 Å². The minimum absolute atomic E-state index is 0.0411. The van der Waals surface area contributed by atoms with E-state index in [0.717, 1.165) is 10.2 Å². The number of amides is 1. The summed E-state index contributed by atoms with van der Waals surface area (Å²) in [6.07, 6.45) is 0. The maximum absolute atomic E-state index is 11.2. The zero-order valence-electron chi connectivity index (χ0n) is 9.22. The molecule has 92 valence electrons. The Morgan fingerprint density at radius 1 is 1.28 bits per heavy atom. The summed E-state index contributed by atoms with van der Waals surface area (Å²) in [5, 5.41) is 2.07. The van der Waals surface area contributed by atoms with Crippen molar-refractivity contribution in [1.29, 1.82) is 0 Å². The van der Waals surface area contributed by atoms with Gasteiger partial charge in [0.05, 0.1) is 27.2 Å². The molecular weight excluding hydrogens is 332 g/mol. The minimum atomic E-state index is 0.0411. The van der Waals surface area contributed by atoms with Crippen molar-refractivity contribution in [2.75, 3.05) is 10.8 Å². The third-order valence-electron chi connectivity index (χ3n) is 2.57. The summed E-state index contributed by atoms with van der Waals surface area (Å²) in [6, 6.07) is 10.2. The first kappa shape index (κ1) is 12.1. The molecule has 1 aliphatic rings. The lowest BCUT2D eigenvalue weighted by Crippen LogP contribution is -2.15. The molecule has 3 rings (SSSR count). The number of anilines is 1. The van der Waals surface area contributed by atoms with Gasteiger partial charge < -0.3 is 0 Å². The summed E-state index contributed by atoms with van der Waals surface area (Å²) >= 11 is 6.65. The van der Waals surface area contributed by atoms with Gasteiger partial charge in [-0.05, 0) is 21.5 Å². The van der Waals surface area contributed by atoms with Crippen LogP contribution >= 0.6 is 39.4 Å². The smallest absolute Gasteiger partial charge is 0.251 e. The van der Waals surface area contributed by atoms with Crippen molar-refractivity contribution in [3.63, 3.8) is 0 Å². The molecule has 1 fully saturated rings. The quantitative estimate of drug-likeness (QED) is 0.846. The Morgan fingerprint density at radius 2 is 2.06 bits per heavy atom. The highest BCUT2D eigenvalue weighted by molar-refractivity contribution is 9.10. The van der Waals surface area contributed by atoms with Crippen molar-refractivity contribution in [3.05, 3.63) is 40.2 Å². The van der Waals surface area contributed by atoms with E-state index < -0.39 is 0 Å². The number of rotatable bonds is 2. The molecule has 1 aliphatic heterocycles. The number of halogens is 1. The second-order valence-corrected chi connectivity index (χ2v) is 6.28. The lowest BCUT2D eigenvalue weighted by Gasteiger charge is -2.11. The summed E-state index contributed by atoms with van der Waals surface area (Å²) in [5.74, 6) is 0.0411. The molecule has 3 nitrogen and oxygen atoms in total. The second-order valence-electron chi connectivity index (χ2n) is 3.78. The highest BCUT2D eigenvalue weighted by Gasteiger charge is 2.24. The van der Waals surface area contributed by atoms with E-state index in [1.165, 1.54) is 22.6 Å². The van der Waals surface area contributed by atoms with Crippen LogP contribution in [0.25, 0.3) is 10.4 Å². The lowest BCUT2D eigenvalue weighted by molar-refractivity contribution is -0.117. The highest BCUT2D eigenvalue weighted by atomic mass is 79.9. The Hall–Kier alpha value is -0.980. The van der Waals surface area contributed by atoms with Crippen LogP contribution in [0, 0.1) is 0 Å². The maximum atomic E-state index is 11.2. The number of thiophene rings is 1. The van der Waals surface area contributed by atoms with Gasteiger partial charge in [0.2, 0.25) is 0 Å². The first-order valence-corrected chi connectivity index (χ1v) is 7.76. The van der Waals surface area contributed by atoms with Gasteiger partial charge in [0.25, 0.3) is 5.91 Å². The average Bonchev–Trinajstić information content (AvgIpc) is 2.97. The molecule has 1 aromatic carbocycles. The number of hydrogen-bond acceptors (Lipinski definition) is 4. The SMILES string of the molecule is O=C1CN(c2csc(-c3ccccc3)c2Br)SN1. The zero-order valence-corrected chi connectivity index (χ0v) is 12.4. The van der Waals surface area contributed by atoms with E-state index in [0.29, 0.717) is 6.54 Å². The average molecular weight is 341 g/mol. The number of hydrogen-bond donors (Lipinski definition) is 1. The summed E-state index contributed by atoms with van der Waals surface area (Å²) in [5.41, 5.74) is 2.23. The molecule has 1 aromatic heterocycles. The van der Waals surface area contributed by atoms with E-state index in [2.05, 4.69) is 38.2 Å². The summed E-state index contributed by atoms with van der Waals surface area (Å²) < 4.78 is 5.73. The molecule has 2 aromatic rings. The van der Waals surface area contributed by atoms with Crippen molar-refractivity contribution >= 4 is 51.0 Å². The van der Waals surface area contributed by atoms with Gasteiger partial charge in [0.15, 0.2) is 0 Å². The van der Waals surface area contributed by atoms with Crippen molar-refractivity contribution in [2.45, 2.75) is 0 Å². The topological polar surface area (TPSA) is 32.3 Å². The monoisotopic (exact) mass is 340 g/mol. The predicted molar refractivity (Wildman–Crippen MR) is 80.5 cm³/mol. The molecule has 0 saturated carbocycles. The number of carbonyl (C=O) groups is 1. The maximum Gasteiger partial charge on any atom is 0.251 e. The van der Waals surface area contributed by atoms with Crippen LogP contribution in [0.1, 0.15) is 0 Å². The van der Waals surface area contributed by atoms with Crippen molar-refractivity contribution in [3.8, 4) is 10.4 Å². The fraction of sp³-hybridized carbons (Fsp3) is 0.0833. The summed E-state index contributed by atoms with van der Waals surface area (Å²) in [4.78, 5) is 12.4. The molecule has 0 aliphatic carbocycles. The zero-order chi connectivity index (χ0) is 12.5. The Kier molecular flexibility index (Phi) is 3.32. The molecule has 2 heterocycles. The molecule has 0 bridgehead atoms. The first-order chi connectivity index (χ1) is 8.75. The fourth-order valence-electron chi connectivity index (χ4n) is 1.72. The largest absolute Gasteiger partial charge is 0.287 e. The minimum Gasteiger partial charge on any atom is -0.287 e. The van der Waals surface area contributed by atoms with Gasteiger partial charge >= 0.3 is 0 Å². The van der Waals surface area contributed by atoms with Gasteiger partial charge in [-0.25, -0.2) is 0 Å². The lowest BCUT2D eigenvalue weighted by atomic mass is 10.2. The van der Waals surface area contributed by atoms with E-state index in [-0.39, 0.29) is 5.91 Å². The van der Waals surface area contributed by atoms with Crippen LogP contribution in [0.3, 0.4) is 0 Å². The Morgan fingerprint density at radius 3 is 2.72 bits per heavy atom. The molecule has 1 amide bonds. The molecule has 0 unspecified atom stereocenters. The third-order valence-corrected chi connectivity index (χ3v) is 5.52. The fourth-order valence-corrected chi connectivity index (χ4v) is 4.55. The second kappa shape index (κ2) is 4.95. The van der Waals surface area contributed by atoms with Crippen molar-refractivity contribution in [2.24, 2.45) is 0 Å². The number of nitrogens with one attached hydrogen (secondary N) is 1. The van der Waals surface area contributed by atoms with Gasteiger partial charge in [-0.2, -0.15) is 0 Å². The molecular formula is C12H9BrN2OS2. The van der Waals surface area contributed by atoms with Gasteiger partial charge in [-0.1, -0.05) is 30.3 Å². The molecule has 6 heteroatoms. The van der Waals surface area contributed by atoms with E-state index in [9.17, 15) is 4.79 Å². The molecule has 0 radical (unpaired) electrons. The summed E-state index contributed by atoms with van der Waals surface area (Å²) in [6.45, 7) is 0.397. The van der Waals surface area contributed by atoms with Crippen molar-refractivity contribution < 1.29 is 4.79 Å². The standard InChI is InChI=1S/C12H9BrN2OS2/c13-11-9(15-6-10(16)14-18-15)7-17-12(11)8-4-2-1-3-5-8/h1-5,7H,6H2,(H,14,16). The Labute approximate surface area is 122 Å². The number of nitrogens with zero attached hydrogens (tertiary/aromatic N) is 1. The van der Waals surface area contributed by atoms with Gasteiger partial charge in [0, 0.05) is 5.38 Å². The van der Waals surface area contributed by atoms with Gasteiger partial charge in [0.1, 0.15) is 6.54 Å². The molecule has 0 atom stereocenters. The van der Waals surface area contributed by atoms with Gasteiger partial charge in [-0.3, -0.25) is 13.8 Å². The molecule has 0 spiro atoms. The van der Waals surface area contributed by atoms with Crippen LogP contribution < -0.4 is 9.03 Å². The third kappa shape index (κ3) is 2.15. The van der Waals surface area contributed by atoms with Crippen LogP contribution in [-0.2, 0) is 4.79 Å². The normalized spacial score (nSPS) is 14.9. The van der Waals surface area contributed by atoms with Gasteiger partial charge in [-0.15, -0.1) is 11.3 Å². The summed E-state index contributed by atoms with van der Waals surface area (Å²) in [7, 11) is 0. The van der Waals surface area contributed by atoms with Crippen molar-refractivity contribution in [1.82, 2.24) is 4.72 Å². The van der Waals surface area contributed by atoms with E-state index in [1.807, 2.05) is 22.5 Å².